The number of hydrogen-bond donors (Lipinski definition) is 1. The van der Waals surface area contributed by atoms with Crippen LogP contribution >= 0.6 is 0 Å². The predicted octanol–water partition coefficient (Wildman–Crippen LogP) is 2.50. The summed E-state index contributed by atoms with van der Waals surface area (Å²) in [6.45, 7) is 1.99. The number of H-pyrrole nitrogens is 1. The average Bonchev–Trinajstić information content (AvgIpc) is 3.47. The van der Waals surface area contributed by atoms with Crippen molar-refractivity contribution in [1.29, 1.82) is 5.26 Å². The molecule has 2 aliphatic rings. The predicted molar refractivity (Wildman–Crippen MR) is 127 cm³/mol. The first-order valence-corrected chi connectivity index (χ1v) is 13.2. The summed E-state index contributed by atoms with van der Waals surface area (Å²) in [7, 11) is 0.279. The van der Waals surface area contributed by atoms with Crippen LogP contribution in [0.4, 0.5) is 5.69 Å². The molecule has 1 saturated carbocycles. The van der Waals surface area contributed by atoms with Gasteiger partial charge in [-0.2, -0.15) is 9.57 Å². The van der Waals surface area contributed by atoms with Gasteiger partial charge in [0.1, 0.15) is 11.7 Å². The van der Waals surface area contributed by atoms with E-state index in [1.165, 1.54) is 0 Å². The van der Waals surface area contributed by atoms with Crippen LogP contribution in [-0.4, -0.2) is 81.1 Å². The molecular formula is C23H33N5O4S. The molecule has 0 radical (unpaired) electrons. The summed E-state index contributed by atoms with van der Waals surface area (Å²) in [5.74, 6) is 0.273. The van der Waals surface area contributed by atoms with Crippen LogP contribution in [0.15, 0.2) is 18.5 Å². The van der Waals surface area contributed by atoms with Gasteiger partial charge in [-0.05, 0) is 44.1 Å². The molecule has 2 unspecified atom stereocenters. The number of methoxy groups -OCH3 is 1. The van der Waals surface area contributed by atoms with Crippen molar-refractivity contribution in [3.8, 4) is 6.07 Å². The van der Waals surface area contributed by atoms with Gasteiger partial charge in [-0.25, -0.2) is 13.4 Å². The van der Waals surface area contributed by atoms with Gasteiger partial charge in [-0.15, -0.1) is 0 Å². The Morgan fingerprint density at radius 2 is 2.18 bits per heavy atom. The van der Waals surface area contributed by atoms with Crippen LogP contribution in [0, 0.1) is 17.2 Å². The lowest BCUT2D eigenvalue weighted by Gasteiger charge is -2.32. The monoisotopic (exact) mass is 475 g/mol. The van der Waals surface area contributed by atoms with Crippen LogP contribution in [0.2, 0.25) is 0 Å². The van der Waals surface area contributed by atoms with Crippen LogP contribution in [0.5, 0.6) is 0 Å². The van der Waals surface area contributed by atoms with Crippen LogP contribution in [0.3, 0.4) is 0 Å². The molecule has 180 valence electrons. The number of aromatic nitrogens is 2. The van der Waals surface area contributed by atoms with Gasteiger partial charge in [0, 0.05) is 51.1 Å². The normalized spacial score (nSPS) is 24.2. The number of nitrogens with zero attached hydrogens (tertiary/aromatic N) is 4. The van der Waals surface area contributed by atoms with Crippen molar-refractivity contribution in [2.24, 2.45) is 5.92 Å². The van der Waals surface area contributed by atoms with E-state index in [-0.39, 0.29) is 23.8 Å². The second-order valence-corrected chi connectivity index (χ2v) is 11.1. The van der Waals surface area contributed by atoms with Gasteiger partial charge in [0.25, 0.3) is 0 Å². The van der Waals surface area contributed by atoms with Crippen molar-refractivity contribution in [3.63, 3.8) is 0 Å². The second kappa shape index (κ2) is 10.4. The molecular weight excluding hydrogens is 442 g/mol. The van der Waals surface area contributed by atoms with E-state index in [1.807, 2.05) is 19.3 Å². The van der Waals surface area contributed by atoms with Crippen molar-refractivity contribution in [1.82, 2.24) is 14.3 Å². The Hall–Kier alpha value is -2.19. The standard InChI is InChI=1S/C23H33N5O4S/c1-27(22-18(13-24)14-26-23-21(22)7-8-25-23)19-6-5-17(12-19)16-33(29,30)28-9-3-4-20(15-28)32-11-10-31-2/h7-8,14,17,19-20H,3-6,9-12,15-16H2,1-2H3,(H,25,26)/t17-,19?,20?/m0/s1. The Morgan fingerprint density at radius 1 is 1.33 bits per heavy atom. The third-order valence-electron chi connectivity index (χ3n) is 6.91. The zero-order chi connectivity index (χ0) is 23.4. The number of hydrogen-bond acceptors (Lipinski definition) is 7. The minimum absolute atomic E-state index is 0.0639. The maximum atomic E-state index is 13.2. The summed E-state index contributed by atoms with van der Waals surface area (Å²) >= 11 is 0. The average molecular weight is 476 g/mol. The maximum absolute atomic E-state index is 13.2. The van der Waals surface area contributed by atoms with Gasteiger partial charge >= 0.3 is 0 Å². The third kappa shape index (κ3) is 5.32. The largest absolute Gasteiger partial charge is 0.382 e. The molecule has 2 aromatic heterocycles. The van der Waals surface area contributed by atoms with Gasteiger partial charge in [0.2, 0.25) is 10.0 Å². The summed E-state index contributed by atoms with van der Waals surface area (Å²) in [6, 6.07) is 4.38. The molecule has 3 heterocycles. The Morgan fingerprint density at radius 3 is 2.97 bits per heavy atom. The molecule has 1 aliphatic heterocycles. The van der Waals surface area contributed by atoms with E-state index in [9.17, 15) is 13.7 Å². The number of rotatable bonds is 9. The van der Waals surface area contributed by atoms with Gasteiger partial charge in [0.15, 0.2) is 0 Å². The van der Waals surface area contributed by atoms with Gasteiger partial charge in [0.05, 0.1) is 36.3 Å². The van der Waals surface area contributed by atoms with Crippen LogP contribution in [0.1, 0.15) is 37.7 Å². The summed E-state index contributed by atoms with van der Waals surface area (Å²) in [6.07, 6.45) is 7.61. The molecule has 0 aromatic carbocycles. The summed E-state index contributed by atoms with van der Waals surface area (Å²) < 4.78 is 38.8. The third-order valence-corrected chi connectivity index (χ3v) is 8.93. The number of pyridine rings is 1. The quantitative estimate of drug-likeness (QED) is 0.555. The molecule has 1 saturated heterocycles. The van der Waals surface area contributed by atoms with E-state index in [2.05, 4.69) is 20.9 Å². The minimum atomic E-state index is -3.35. The van der Waals surface area contributed by atoms with Crippen molar-refractivity contribution >= 4 is 26.7 Å². The van der Waals surface area contributed by atoms with E-state index in [1.54, 1.807) is 17.6 Å². The molecule has 1 N–H and O–H groups in total. The number of fused-ring (bicyclic) bond motifs is 1. The molecule has 4 rings (SSSR count). The van der Waals surface area contributed by atoms with Gasteiger partial charge in [-0.1, -0.05) is 0 Å². The van der Waals surface area contributed by atoms with Crippen molar-refractivity contribution in [2.75, 3.05) is 51.1 Å². The zero-order valence-corrected chi connectivity index (χ0v) is 20.2. The lowest BCUT2D eigenvalue weighted by Crippen LogP contribution is -2.45. The number of ether oxygens (including phenoxy) is 2. The van der Waals surface area contributed by atoms with Gasteiger partial charge in [-0.3, -0.25) is 0 Å². The summed E-state index contributed by atoms with van der Waals surface area (Å²) in [4.78, 5) is 9.57. The number of sulfonamides is 1. The van der Waals surface area contributed by atoms with E-state index in [0.717, 1.165) is 48.8 Å². The molecule has 0 bridgehead atoms. The fourth-order valence-electron chi connectivity index (χ4n) is 5.19. The fourth-order valence-corrected chi connectivity index (χ4v) is 7.09. The van der Waals surface area contributed by atoms with Crippen molar-refractivity contribution < 1.29 is 17.9 Å². The number of aromatic amines is 1. The number of nitriles is 1. The van der Waals surface area contributed by atoms with E-state index >= 15 is 0 Å². The van der Waals surface area contributed by atoms with E-state index < -0.39 is 10.0 Å². The Kier molecular flexibility index (Phi) is 7.54. The van der Waals surface area contributed by atoms with Crippen LogP contribution in [-0.2, 0) is 19.5 Å². The molecule has 2 aromatic rings. The Labute approximate surface area is 195 Å². The number of piperidine rings is 1. The zero-order valence-electron chi connectivity index (χ0n) is 19.4. The lowest BCUT2D eigenvalue weighted by molar-refractivity contribution is -0.00656. The first-order valence-electron chi connectivity index (χ1n) is 11.6. The topological polar surface area (TPSA) is 112 Å². The number of nitrogens with one attached hydrogen (secondary N) is 1. The first-order chi connectivity index (χ1) is 15.9. The maximum Gasteiger partial charge on any atom is 0.214 e. The SMILES string of the molecule is COCCOC1CCCN(S(=O)(=O)C[C@H]2CCC(N(C)c3c(C#N)cnc4[nH]ccc34)C2)C1. The smallest absolute Gasteiger partial charge is 0.214 e. The van der Waals surface area contributed by atoms with Crippen LogP contribution < -0.4 is 4.90 Å². The lowest BCUT2D eigenvalue weighted by atomic mass is 10.1. The summed E-state index contributed by atoms with van der Waals surface area (Å²) in [5, 5.41) is 10.5. The molecule has 0 amide bonds. The minimum Gasteiger partial charge on any atom is -0.382 e. The highest BCUT2D eigenvalue weighted by atomic mass is 32.2. The molecule has 33 heavy (non-hydrogen) atoms. The van der Waals surface area contributed by atoms with E-state index in [0.29, 0.717) is 31.9 Å². The first kappa shape index (κ1) is 24.0. The van der Waals surface area contributed by atoms with Crippen molar-refractivity contribution in [3.05, 3.63) is 24.0 Å². The highest BCUT2D eigenvalue weighted by molar-refractivity contribution is 7.89. The molecule has 10 heteroatoms. The molecule has 2 fully saturated rings. The second-order valence-electron chi connectivity index (χ2n) is 9.08. The molecule has 3 atom stereocenters. The van der Waals surface area contributed by atoms with Crippen molar-refractivity contribution in [2.45, 2.75) is 44.2 Å². The molecule has 9 nitrogen and oxygen atoms in total. The number of anilines is 1. The Balaban J connectivity index is 1.39. The van der Waals surface area contributed by atoms with Gasteiger partial charge < -0.3 is 19.4 Å². The Bertz CT molecular complexity index is 1100. The molecule has 0 spiro atoms. The highest BCUT2D eigenvalue weighted by Gasteiger charge is 2.36. The highest BCUT2D eigenvalue weighted by Crippen LogP contribution is 2.36. The van der Waals surface area contributed by atoms with Crippen LogP contribution in [0.25, 0.3) is 11.0 Å². The summed E-state index contributed by atoms with van der Waals surface area (Å²) in [5.41, 5.74) is 2.15. The van der Waals surface area contributed by atoms with E-state index in [4.69, 9.17) is 9.47 Å². The fraction of sp³-hybridized carbons (Fsp3) is 0.652. The molecule has 1 aliphatic carbocycles.